The summed E-state index contributed by atoms with van der Waals surface area (Å²) < 4.78 is 5.32. The molecule has 2 rings (SSSR count). The highest BCUT2D eigenvalue weighted by atomic mass is 16.4. The minimum absolute atomic E-state index is 0.209. The van der Waals surface area contributed by atoms with E-state index in [9.17, 15) is 5.11 Å². The van der Waals surface area contributed by atoms with Gasteiger partial charge in [0.25, 0.3) is 0 Å². The van der Waals surface area contributed by atoms with E-state index >= 15 is 0 Å². The van der Waals surface area contributed by atoms with E-state index in [4.69, 9.17) is 4.42 Å². The number of furan rings is 1. The van der Waals surface area contributed by atoms with Gasteiger partial charge >= 0.3 is 0 Å². The molecular weight excluding hydrogens is 340 g/mol. The lowest BCUT2D eigenvalue weighted by atomic mass is 10.0. The van der Waals surface area contributed by atoms with Crippen molar-refractivity contribution in [2.75, 3.05) is 33.7 Å². The van der Waals surface area contributed by atoms with E-state index in [2.05, 4.69) is 58.9 Å². The van der Waals surface area contributed by atoms with Crippen molar-refractivity contribution in [2.24, 2.45) is 4.99 Å². The Labute approximate surface area is 162 Å². The molecule has 2 atom stereocenters. The number of hydrogen-bond donors (Lipinski definition) is 3. The summed E-state index contributed by atoms with van der Waals surface area (Å²) in [6, 6.07) is 14.3. The maximum atomic E-state index is 10.6. The van der Waals surface area contributed by atoms with Crippen LogP contribution in [0.4, 0.5) is 0 Å². The molecule has 148 valence electrons. The summed E-state index contributed by atoms with van der Waals surface area (Å²) in [7, 11) is 4.17. The van der Waals surface area contributed by atoms with Crippen molar-refractivity contribution >= 4 is 5.96 Å². The monoisotopic (exact) mass is 372 g/mol. The van der Waals surface area contributed by atoms with E-state index in [1.54, 1.807) is 25.3 Å². The van der Waals surface area contributed by atoms with Gasteiger partial charge in [-0.15, -0.1) is 0 Å². The van der Waals surface area contributed by atoms with Crippen molar-refractivity contribution in [1.29, 1.82) is 0 Å². The van der Waals surface area contributed by atoms with Gasteiger partial charge in [0.2, 0.25) is 0 Å². The maximum Gasteiger partial charge on any atom is 0.191 e. The van der Waals surface area contributed by atoms with Crippen molar-refractivity contribution in [2.45, 2.75) is 31.9 Å². The van der Waals surface area contributed by atoms with Crippen molar-refractivity contribution in [3.63, 3.8) is 0 Å². The molecule has 0 amide bonds. The Hall–Kier alpha value is -2.31. The predicted molar refractivity (Wildman–Crippen MR) is 110 cm³/mol. The van der Waals surface area contributed by atoms with Gasteiger partial charge in [0, 0.05) is 19.1 Å². The Balaban J connectivity index is 1.98. The molecule has 0 radical (unpaired) electrons. The molecule has 0 saturated carbocycles. The Morgan fingerprint density at radius 3 is 2.52 bits per heavy atom. The molecule has 0 spiro atoms. The maximum absolute atomic E-state index is 10.6. The van der Waals surface area contributed by atoms with Gasteiger partial charge in [-0.05, 0) is 52.1 Å². The fourth-order valence-corrected chi connectivity index (χ4v) is 2.78. The minimum atomic E-state index is -1.14. The fraction of sp³-hybridized carbons (Fsp3) is 0.476. The van der Waals surface area contributed by atoms with Gasteiger partial charge in [-0.1, -0.05) is 30.3 Å². The summed E-state index contributed by atoms with van der Waals surface area (Å²) in [5.74, 6) is 1.20. The fourth-order valence-electron chi connectivity index (χ4n) is 2.78. The average molecular weight is 373 g/mol. The van der Waals surface area contributed by atoms with Crippen molar-refractivity contribution in [3.8, 4) is 0 Å². The van der Waals surface area contributed by atoms with Crippen LogP contribution in [0.25, 0.3) is 0 Å². The average Bonchev–Trinajstić information content (AvgIpc) is 3.19. The number of nitrogens with zero attached hydrogens (tertiary/aromatic N) is 2. The highest BCUT2D eigenvalue weighted by molar-refractivity contribution is 5.79. The summed E-state index contributed by atoms with van der Waals surface area (Å²) >= 11 is 0. The SMILES string of the molecule is CCNC(=NCC(C)(O)c1ccco1)NCC(Cc1ccccc1)N(C)C. The molecule has 0 aliphatic heterocycles. The second kappa shape index (κ2) is 10.1. The Morgan fingerprint density at radius 2 is 1.93 bits per heavy atom. The normalized spacial score (nSPS) is 15.4. The van der Waals surface area contributed by atoms with E-state index in [0.29, 0.717) is 17.8 Å². The highest BCUT2D eigenvalue weighted by Crippen LogP contribution is 2.21. The predicted octanol–water partition coefficient (Wildman–Crippen LogP) is 2.22. The molecule has 3 N–H and O–H groups in total. The van der Waals surface area contributed by atoms with E-state index in [1.807, 2.05) is 13.0 Å². The number of hydrogen-bond acceptors (Lipinski definition) is 4. The third-order valence-corrected chi connectivity index (χ3v) is 4.49. The molecule has 0 saturated heterocycles. The molecule has 0 fully saturated rings. The molecule has 0 aliphatic carbocycles. The van der Waals surface area contributed by atoms with Crippen LogP contribution in [-0.2, 0) is 12.0 Å². The van der Waals surface area contributed by atoms with Crippen LogP contribution in [0.2, 0.25) is 0 Å². The molecule has 0 aliphatic rings. The highest BCUT2D eigenvalue weighted by Gasteiger charge is 2.26. The number of benzene rings is 1. The zero-order chi connectivity index (χ0) is 19.7. The zero-order valence-electron chi connectivity index (χ0n) is 16.8. The summed E-state index contributed by atoms with van der Waals surface area (Å²) in [6.07, 6.45) is 2.51. The molecule has 6 heteroatoms. The van der Waals surface area contributed by atoms with Gasteiger partial charge in [-0.25, -0.2) is 4.99 Å². The Morgan fingerprint density at radius 1 is 1.19 bits per heavy atom. The molecule has 6 nitrogen and oxygen atoms in total. The number of likely N-dealkylation sites (N-methyl/N-ethyl adjacent to an activating group) is 1. The van der Waals surface area contributed by atoms with Crippen LogP contribution >= 0.6 is 0 Å². The summed E-state index contributed by atoms with van der Waals surface area (Å²) in [6.45, 7) is 5.43. The topological polar surface area (TPSA) is 73.0 Å². The largest absolute Gasteiger partial charge is 0.466 e. The standard InChI is InChI=1S/C21H32N4O2/c1-5-22-20(24-16-21(2,26)19-12-9-13-27-19)23-15-18(25(3)4)14-17-10-7-6-8-11-17/h6-13,18,26H,5,14-16H2,1-4H3,(H2,22,23,24). The van der Waals surface area contributed by atoms with Gasteiger partial charge in [-0.3, -0.25) is 0 Å². The Bertz CT molecular complexity index is 681. The number of aliphatic hydroxyl groups is 1. The van der Waals surface area contributed by atoms with E-state index < -0.39 is 5.60 Å². The molecule has 0 bridgehead atoms. The summed E-state index contributed by atoms with van der Waals surface area (Å²) in [4.78, 5) is 6.76. The third-order valence-electron chi connectivity index (χ3n) is 4.49. The second-order valence-corrected chi connectivity index (χ2v) is 7.13. The molecule has 27 heavy (non-hydrogen) atoms. The van der Waals surface area contributed by atoms with Crippen LogP contribution in [0.5, 0.6) is 0 Å². The second-order valence-electron chi connectivity index (χ2n) is 7.13. The van der Waals surface area contributed by atoms with Gasteiger partial charge in [0.1, 0.15) is 11.4 Å². The number of rotatable bonds is 9. The van der Waals surface area contributed by atoms with E-state index in [-0.39, 0.29) is 6.54 Å². The molecule has 1 aromatic heterocycles. The summed E-state index contributed by atoms with van der Waals surface area (Å²) in [5.41, 5.74) is 0.164. The summed E-state index contributed by atoms with van der Waals surface area (Å²) in [5, 5.41) is 17.2. The van der Waals surface area contributed by atoms with Crippen molar-refractivity contribution in [1.82, 2.24) is 15.5 Å². The first-order valence-electron chi connectivity index (χ1n) is 9.41. The molecule has 2 unspecified atom stereocenters. The quantitative estimate of drug-likeness (QED) is 0.465. The van der Waals surface area contributed by atoms with Crippen LogP contribution in [-0.4, -0.2) is 55.7 Å². The first-order valence-corrected chi connectivity index (χ1v) is 9.41. The minimum Gasteiger partial charge on any atom is -0.466 e. The molecule has 2 aromatic rings. The number of aliphatic imine (C=N–C) groups is 1. The lowest BCUT2D eigenvalue weighted by Crippen LogP contribution is -2.46. The third kappa shape index (κ3) is 6.73. The first-order chi connectivity index (χ1) is 12.9. The van der Waals surface area contributed by atoms with Gasteiger partial charge in [0.05, 0.1) is 12.8 Å². The zero-order valence-corrected chi connectivity index (χ0v) is 16.8. The van der Waals surface area contributed by atoms with Gasteiger partial charge in [0.15, 0.2) is 5.96 Å². The molecular formula is C21H32N4O2. The molecule has 1 heterocycles. The lowest BCUT2D eigenvalue weighted by molar-refractivity contribution is 0.0437. The number of nitrogens with one attached hydrogen (secondary N) is 2. The first kappa shape index (κ1) is 21.0. The molecule has 1 aromatic carbocycles. The van der Waals surface area contributed by atoms with Crippen LogP contribution in [0.1, 0.15) is 25.2 Å². The van der Waals surface area contributed by atoms with Crippen LogP contribution in [0, 0.1) is 0 Å². The van der Waals surface area contributed by atoms with E-state index in [1.165, 1.54) is 5.56 Å². The van der Waals surface area contributed by atoms with Crippen molar-refractivity contribution in [3.05, 3.63) is 60.1 Å². The van der Waals surface area contributed by atoms with Crippen LogP contribution in [0.15, 0.2) is 58.1 Å². The number of guanidine groups is 1. The lowest BCUT2D eigenvalue weighted by Gasteiger charge is -2.26. The van der Waals surface area contributed by atoms with Gasteiger partial charge in [-0.2, -0.15) is 0 Å². The Kier molecular flexibility index (Phi) is 7.88. The van der Waals surface area contributed by atoms with Crippen LogP contribution in [0.3, 0.4) is 0 Å². The van der Waals surface area contributed by atoms with E-state index in [0.717, 1.165) is 19.5 Å². The van der Waals surface area contributed by atoms with Crippen molar-refractivity contribution < 1.29 is 9.52 Å². The smallest absolute Gasteiger partial charge is 0.191 e. The van der Waals surface area contributed by atoms with Crippen LogP contribution < -0.4 is 10.6 Å². The van der Waals surface area contributed by atoms with Gasteiger partial charge < -0.3 is 25.1 Å².